The molecule has 45 heavy (non-hydrogen) atoms. The number of nitrogens with one attached hydrogen (secondary N) is 1. The summed E-state index contributed by atoms with van der Waals surface area (Å²) in [5.74, 6) is -0.703. The molecule has 1 saturated heterocycles. The number of nitrogens with zero attached hydrogens (tertiary/aromatic N) is 2. The SMILES string of the molecule is Cc1ccc(S(=O)(=O)N(CC(C)C)C[C@@H](O)[C@H](Cc2ccccc2)NC(=O)[C@@H]2CN(c3ccc(S(C)(=O)=O)cc3)C(=O)O2)cc1. The fraction of sp³-hybridized carbons (Fsp3) is 0.375. The maximum atomic E-state index is 13.6. The van der Waals surface area contributed by atoms with Crippen molar-refractivity contribution in [1.29, 1.82) is 0 Å². The molecule has 2 N–H and O–H groups in total. The number of benzene rings is 3. The minimum atomic E-state index is -3.97. The van der Waals surface area contributed by atoms with Gasteiger partial charge in [-0.15, -0.1) is 0 Å². The van der Waals surface area contributed by atoms with Gasteiger partial charge in [-0.3, -0.25) is 9.69 Å². The minimum Gasteiger partial charge on any atom is -0.434 e. The standard InChI is InChI=1S/C32H39N3O8S2/c1-22(2)19-34(45(41,42)27-14-10-23(3)11-15-27)20-29(36)28(18-24-8-6-5-7-9-24)33-31(37)30-21-35(32(38)43-30)25-12-16-26(17-13-25)44(4,39)40/h5-17,22,28-30,36H,18-21H2,1-4H3,(H,33,37)/t28-,29+,30-/m0/s1. The summed E-state index contributed by atoms with van der Waals surface area (Å²) in [4.78, 5) is 27.5. The van der Waals surface area contributed by atoms with Gasteiger partial charge >= 0.3 is 6.09 Å². The number of anilines is 1. The number of hydrogen-bond donors (Lipinski definition) is 2. The molecule has 0 spiro atoms. The van der Waals surface area contributed by atoms with Crippen molar-refractivity contribution in [3.63, 3.8) is 0 Å². The number of aliphatic hydroxyl groups excluding tert-OH is 1. The molecular weight excluding hydrogens is 618 g/mol. The Bertz CT molecular complexity index is 1700. The van der Waals surface area contributed by atoms with Crippen molar-refractivity contribution in [1.82, 2.24) is 9.62 Å². The first-order valence-corrected chi connectivity index (χ1v) is 17.9. The van der Waals surface area contributed by atoms with E-state index >= 15 is 0 Å². The van der Waals surface area contributed by atoms with Crippen molar-refractivity contribution in [2.75, 3.05) is 30.8 Å². The molecule has 3 aromatic carbocycles. The summed E-state index contributed by atoms with van der Waals surface area (Å²) in [6.45, 7) is 5.34. The van der Waals surface area contributed by atoms with Gasteiger partial charge in [-0.1, -0.05) is 61.9 Å². The molecule has 1 aliphatic rings. The number of rotatable bonds is 13. The first-order valence-electron chi connectivity index (χ1n) is 14.5. The third kappa shape index (κ3) is 8.69. The second-order valence-corrected chi connectivity index (χ2v) is 15.6. The van der Waals surface area contributed by atoms with Gasteiger partial charge in [0.1, 0.15) is 0 Å². The Hall–Kier alpha value is -3.78. The Morgan fingerprint density at radius 2 is 1.56 bits per heavy atom. The zero-order chi connectivity index (χ0) is 32.9. The van der Waals surface area contributed by atoms with Gasteiger partial charge in [0.15, 0.2) is 15.9 Å². The number of aryl methyl sites for hydroxylation is 1. The molecule has 1 fully saturated rings. The van der Waals surface area contributed by atoms with Crippen molar-refractivity contribution < 1.29 is 36.3 Å². The summed E-state index contributed by atoms with van der Waals surface area (Å²) in [6, 6.07) is 20.3. The molecule has 3 atom stereocenters. The maximum Gasteiger partial charge on any atom is 0.415 e. The lowest BCUT2D eigenvalue weighted by Gasteiger charge is -2.31. The van der Waals surface area contributed by atoms with Crippen LogP contribution in [0, 0.1) is 12.8 Å². The van der Waals surface area contributed by atoms with Gasteiger partial charge in [-0.05, 0) is 61.2 Å². The van der Waals surface area contributed by atoms with E-state index in [0.29, 0.717) is 5.69 Å². The fourth-order valence-corrected chi connectivity index (χ4v) is 7.24. The van der Waals surface area contributed by atoms with E-state index in [2.05, 4.69) is 5.32 Å². The number of hydrogen-bond acceptors (Lipinski definition) is 8. The van der Waals surface area contributed by atoms with Crippen LogP contribution in [0.5, 0.6) is 0 Å². The average Bonchev–Trinajstić information content (AvgIpc) is 3.38. The predicted octanol–water partition coefficient (Wildman–Crippen LogP) is 3.16. The van der Waals surface area contributed by atoms with Crippen LogP contribution in [0.1, 0.15) is 25.0 Å². The number of amides is 2. The van der Waals surface area contributed by atoms with Crippen molar-refractivity contribution in [3.8, 4) is 0 Å². The molecule has 242 valence electrons. The number of sulfone groups is 1. The molecule has 1 heterocycles. The van der Waals surface area contributed by atoms with Crippen molar-refractivity contribution in [2.24, 2.45) is 5.92 Å². The first-order chi connectivity index (χ1) is 21.1. The van der Waals surface area contributed by atoms with E-state index in [0.717, 1.165) is 17.4 Å². The molecule has 0 saturated carbocycles. The zero-order valence-corrected chi connectivity index (χ0v) is 27.3. The molecule has 3 aromatic rings. The van der Waals surface area contributed by atoms with Gasteiger partial charge in [-0.2, -0.15) is 4.31 Å². The van der Waals surface area contributed by atoms with Crippen LogP contribution in [0.2, 0.25) is 0 Å². The topological polar surface area (TPSA) is 150 Å². The van der Waals surface area contributed by atoms with Crippen LogP contribution in [0.4, 0.5) is 10.5 Å². The zero-order valence-electron chi connectivity index (χ0n) is 25.7. The van der Waals surface area contributed by atoms with Gasteiger partial charge in [0.05, 0.1) is 28.5 Å². The number of sulfonamides is 1. The van der Waals surface area contributed by atoms with Gasteiger partial charge in [-0.25, -0.2) is 21.6 Å². The van der Waals surface area contributed by atoms with E-state index in [4.69, 9.17) is 4.74 Å². The first kappa shape index (κ1) is 34.1. The quantitative estimate of drug-likeness (QED) is 0.285. The van der Waals surface area contributed by atoms with Crippen LogP contribution in [0.15, 0.2) is 88.7 Å². The normalized spacial score (nSPS) is 16.9. The van der Waals surface area contributed by atoms with E-state index < -0.39 is 50.1 Å². The molecule has 0 aliphatic carbocycles. The van der Waals surface area contributed by atoms with Crippen molar-refractivity contribution >= 4 is 37.5 Å². The summed E-state index contributed by atoms with van der Waals surface area (Å²) in [5.41, 5.74) is 2.07. The molecule has 2 amide bonds. The molecule has 0 radical (unpaired) electrons. The third-order valence-corrected chi connectivity index (χ3v) is 10.4. The molecule has 0 bridgehead atoms. The van der Waals surface area contributed by atoms with Crippen LogP contribution < -0.4 is 10.2 Å². The van der Waals surface area contributed by atoms with E-state index in [9.17, 15) is 31.5 Å². The molecule has 13 heteroatoms. The summed E-state index contributed by atoms with van der Waals surface area (Å²) in [6.07, 6.45) is -2.06. The Kier molecular flexibility index (Phi) is 10.7. The van der Waals surface area contributed by atoms with E-state index in [1.807, 2.05) is 51.1 Å². The van der Waals surface area contributed by atoms with Crippen molar-refractivity contribution in [2.45, 2.75) is 55.2 Å². The third-order valence-electron chi connectivity index (χ3n) is 7.39. The number of cyclic esters (lactones) is 1. The molecule has 11 nitrogen and oxygen atoms in total. The predicted molar refractivity (Wildman–Crippen MR) is 170 cm³/mol. The smallest absolute Gasteiger partial charge is 0.415 e. The second kappa shape index (κ2) is 14.1. The number of carbonyl (C=O) groups excluding carboxylic acids is 2. The molecule has 1 aliphatic heterocycles. The molecular formula is C32H39N3O8S2. The van der Waals surface area contributed by atoms with Gasteiger partial charge in [0.25, 0.3) is 5.91 Å². The number of carbonyl (C=O) groups is 2. The van der Waals surface area contributed by atoms with Crippen LogP contribution in [-0.4, -0.2) is 82.4 Å². The van der Waals surface area contributed by atoms with Crippen LogP contribution in [0.3, 0.4) is 0 Å². The van der Waals surface area contributed by atoms with Crippen LogP contribution in [-0.2, 0) is 35.8 Å². The Morgan fingerprint density at radius 1 is 0.956 bits per heavy atom. The summed E-state index contributed by atoms with van der Waals surface area (Å²) in [7, 11) is -7.40. The Labute approximate surface area is 264 Å². The number of aliphatic hydroxyl groups is 1. The molecule has 4 rings (SSSR count). The van der Waals surface area contributed by atoms with E-state index in [1.165, 1.54) is 45.6 Å². The molecule has 0 unspecified atom stereocenters. The van der Waals surface area contributed by atoms with Crippen LogP contribution in [0.25, 0.3) is 0 Å². The van der Waals surface area contributed by atoms with E-state index in [-0.39, 0.29) is 41.8 Å². The lowest BCUT2D eigenvalue weighted by atomic mass is 10.0. The highest BCUT2D eigenvalue weighted by Crippen LogP contribution is 2.24. The van der Waals surface area contributed by atoms with E-state index in [1.54, 1.807) is 12.1 Å². The largest absolute Gasteiger partial charge is 0.434 e. The monoisotopic (exact) mass is 657 g/mol. The summed E-state index contributed by atoms with van der Waals surface area (Å²) < 4.78 is 57.5. The lowest BCUT2D eigenvalue weighted by molar-refractivity contribution is -0.129. The number of ether oxygens (including phenoxy) is 1. The Morgan fingerprint density at radius 3 is 2.13 bits per heavy atom. The average molecular weight is 658 g/mol. The lowest BCUT2D eigenvalue weighted by Crippen LogP contribution is -2.53. The van der Waals surface area contributed by atoms with Crippen molar-refractivity contribution in [3.05, 3.63) is 90.0 Å². The second-order valence-electron chi connectivity index (χ2n) is 11.7. The summed E-state index contributed by atoms with van der Waals surface area (Å²) >= 11 is 0. The Balaban J connectivity index is 1.54. The highest BCUT2D eigenvalue weighted by molar-refractivity contribution is 7.90. The molecule has 0 aromatic heterocycles. The maximum absolute atomic E-state index is 13.6. The van der Waals surface area contributed by atoms with Gasteiger partial charge < -0.3 is 15.2 Å². The van der Waals surface area contributed by atoms with Gasteiger partial charge in [0, 0.05) is 25.0 Å². The van der Waals surface area contributed by atoms with Gasteiger partial charge in [0.2, 0.25) is 10.0 Å². The van der Waals surface area contributed by atoms with Crippen LogP contribution >= 0.6 is 0 Å². The summed E-state index contributed by atoms with van der Waals surface area (Å²) in [5, 5.41) is 14.3. The fourth-order valence-electron chi connectivity index (χ4n) is 4.98. The highest BCUT2D eigenvalue weighted by Gasteiger charge is 2.39. The highest BCUT2D eigenvalue weighted by atomic mass is 32.2. The minimum absolute atomic E-state index is 0.0463.